The van der Waals surface area contributed by atoms with Crippen LogP contribution in [-0.4, -0.2) is 10.2 Å². The van der Waals surface area contributed by atoms with Gasteiger partial charge in [0, 0.05) is 9.77 Å². The van der Waals surface area contributed by atoms with Gasteiger partial charge in [-0.1, -0.05) is 11.6 Å². The molecule has 0 bridgehead atoms. The van der Waals surface area contributed by atoms with Gasteiger partial charge in [-0.25, -0.2) is 13.8 Å². The van der Waals surface area contributed by atoms with Gasteiger partial charge in [-0.05, 0) is 34.2 Å². The Kier molecular flexibility index (Phi) is 4.03. The highest BCUT2D eigenvalue weighted by atomic mass is 127. The molecule has 14 heavy (non-hydrogen) atoms. The van der Waals surface area contributed by atoms with E-state index in [0.29, 0.717) is 0 Å². The van der Waals surface area contributed by atoms with E-state index in [1.165, 1.54) is 0 Å². The van der Waals surface area contributed by atoms with Gasteiger partial charge in [-0.2, -0.15) is 0 Å². The molecule has 0 aromatic carbocycles. The minimum Gasteiger partial charge on any atom is -0.276 e. The fraction of sp³-hybridized carbons (Fsp3) is 0.143. The van der Waals surface area contributed by atoms with Crippen molar-refractivity contribution in [2.24, 2.45) is 0 Å². The first-order chi connectivity index (χ1) is 6.45. The lowest BCUT2D eigenvalue weighted by Gasteiger charge is -2.07. The Hall–Kier alpha value is -0.0100. The van der Waals surface area contributed by atoms with E-state index in [-0.39, 0.29) is 14.3 Å². The molecule has 0 fully saturated rings. The second-order valence-corrected chi connectivity index (χ2v) is 4.04. The average Bonchev–Trinajstić information content (AvgIpc) is 2.02. The van der Waals surface area contributed by atoms with E-state index in [4.69, 9.17) is 23.2 Å². The predicted octanol–water partition coefficient (Wildman–Crippen LogP) is 3.66. The summed E-state index contributed by atoms with van der Waals surface area (Å²) in [5, 5.41) is -1.15. The molecule has 0 saturated heterocycles. The van der Waals surface area contributed by atoms with Gasteiger partial charge >= 0.3 is 0 Å². The van der Waals surface area contributed by atoms with Crippen LogP contribution >= 0.6 is 45.8 Å². The number of carbonyl (C=O) groups is 1. The molecule has 0 spiro atoms. The van der Waals surface area contributed by atoms with Crippen LogP contribution in [0.2, 0.25) is 5.15 Å². The Balaban J connectivity index is 3.41. The summed E-state index contributed by atoms with van der Waals surface area (Å²) in [6, 6.07) is 0. The summed E-state index contributed by atoms with van der Waals surface area (Å²) < 4.78 is 24.9. The summed E-state index contributed by atoms with van der Waals surface area (Å²) >= 11 is 12.2. The van der Waals surface area contributed by atoms with Crippen LogP contribution < -0.4 is 0 Å². The molecule has 0 atom stereocenters. The second-order valence-electron chi connectivity index (χ2n) is 2.26. The lowest BCUT2D eigenvalue weighted by molar-refractivity contribution is 0.107. The van der Waals surface area contributed by atoms with Crippen molar-refractivity contribution >= 4 is 51.0 Å². The summed E-state index contributed by atoms with van der Waals surface area (Å²) in [6.07, 6.45) is -1.71. The topological polar surface area (TPSA) is 30.0 Å². The Labute approximate surface area is 102 Å². The maximum Gasteiger partial charge on any atom is 0.267 e. The van der Waals surface area contributed by atoms with Gasteiger partial charge in [0.1, 0.15) is 5.15 Å². The van der Waals surface area contributed by atoms with Gasteiger partial charge in [0.2, 0.25) is 0 Å². The van der Waals surface area contributed by atoms with Crippen LogP contribution in [0.1, 0.15) is 22.3 Å². The molecule has 0 amide bonds. The molecule has 0 aliphatic rings. The molecule has 0 unspecified atom stereocenters. The molecule has 2 nitrogen and oxygen atoms in total. The number of carbonyl (C=O) groups excluding carboxylic acids is 1. The summed E-state index contributed by atoms with van der Waals surface area (Å²) in [5.74, 6) is 0. The zero-order chi connectivity index (χ0) is 10.9. The van der Waals surface area contributed by atoms with Crippen molar-refractivity contribution in [3.8, 4) is 0 Å². The summed E-state index contributed by atoms with van der Waals surface area (Å²) in [7, 11) is 0. The van der Waals surface area contributed by atoms with Crippen molar-refractivity contribution in [2.75, 3.05) is 0 Å². The number of aromatic nitrogens is 1. The van der Waals surface area contributed by atoms with Crippen molar-refractivity contribution in [1.29, 1.82) is 0 Å². The molecule has 1 heterocycles. The highest BCUT2D eigenvalue weighted by Crippen LogP contribution is 2.32. The van der Waals surface area contributed by atoms with E-state index >= 15 is 0 Å². The highest BCUT2D eigenvalue weighted by Gasteiger charge is 2.21. The minimum atomic E-state index is -2.78. The van der Waals surface area contributed by atoms with Crippen LogP contribution in [-0.2, 0) is 0 Å². The van der Waals surface area contributed by atoms with Crippen LogP contribution in [0.4, 0.5) is 8.78 Å². The molecule has 0 aliphatic carbocycles. The van der Waals surface area contributed by atoms with E-state index in [2.05, 4.69) is 4.98 Å². The third-order valence-electron chi connectivity index (χ3n) is 1.43. The number of alkyl halides is 2. The molecule has 76 valence electrons. The molecule has 1 aromatic rings. The van der Waals surface area contributed by atoms with Gasteiger partial charge in [-0.15, -0.1) is 0 Å². The van der Waals surface area contributed by atoms with Gasteiger partial charge in [0.25, 0.3) is 11.7 Å². The Morgan fingerprint density at radius 1 is 1.57 bits per heavy atom. The highest BCUT2D eigenvalue weighted by molar-refractivity contribution is 14.1. The van der Waals surface area contributed by atoms with Crippen molar-refractivity contribution < 1.29 is 13.6 Å². The summed E-state index contributed by atoms with van der Waals surface area (Å²) in [5.41, 5.74) is -0.522. The van der Waals surface area contributed by atoms with Crippen LogP contribution in [0.15, 0.2) is 6.20 Å². The molecular formula is C7H2Cl2F2INO. The minimum absolute atomic E-state index is 0.0394. The second kappa shape index (κ2) is 4.67. The van der Waals surface area contributed by atoms with E-state index in [9.17, 15) is 13.6 Å². The zero-order valence-corrected chi connectivity index (χ0v) is 10.1. The number of hydrogen-bond acceptors (Lipinski definition) is 2. The number of nitrogens with zero attached hydrogens (tertiary/aromatic N) is 1. The summed E-state index contributed by atoms with van der Waals surface area (Å²) in [6.45, 7) is 0. The number of hydrogen-bond donors (Lipinski definition) is 0. The quantitative estimate of drug-likeness (QED) is 0.462. The maximum atomic E-state index is 12.4. The van der Waals surface area contributed by atoms with Crippen LogP contribution in [0.3, 0.4) is 0 Å². The van der Waals surface area contributed by atoms with E-state index in [0.717, 1.165) is 6.20 Å². The largest absolute Gasteiger partial charge is 0.276 e. The SMILES string of the molecule is O=C(Cl)c1cnc(Cl)c(C(F)F)c1I. The fourth-order valence-electron chi connectivity index (χ4n) is 0.806. The molecule has 7 heteroatoms. The third kappa shape index (κ3) is 2.32. The molecule has 0 radical (unpaired) electrons. The number of rotatable bonds is 2. The van der Waals surface area contributed by atoms with E-state index in [1.54, 1.807) is 22.6 Å². The molecule has 1 aromatic heterocycles. The monoisotopic (exact) mass is 351 g/mol. The van der Waals surface area contributed by atoms with Gasteiger partial charge in [0.05, 0.1) is 11.1 Å². The lowest BCUT2D eigenvalue weighted by atomic mass is 10.2. The Morgan fingerprint density at radius 3 is 2.57 bits per heavy atom. The van der Waals surface area contributed by atoms with Crippen LogP contribution in [0.5, 0.6) is 0 Å². The maximum absolute atomic E-state index is 12.4. The predicted molar refractivity (Wildman–Crippen MR) is 57.1 cm³/mol. The van der Waals surface area contributed by atoms with Gasteiger partial charge in [0.15, 0.2) is 0 Å². The molecule has 0 N–H and O–H groups in total. The zero-order valence-electron chi connectivity index (χ0n) is 6.40. The van der Waals surface area contributed by atoms with E-state index < -0.39 is 17.2 Å². The van der Waals surface area contributed by atoms with Crippen molar-refractivity contribution in [3.63, 3.8) is 0 Å². The van der Waals surface area contributed by atoms with E-state index in [1.807, 2.05) is 0 Å². The lowest BCUT2D eigenvalue weighted by Crippen LogP contribution is -2.02. The molecule has 0 aliphatic heterocycles. The van der Waals surface area contributed by atoms with Crippen LogP contribution in [0, 0.1) is 3.57 Å². The normalized spacial score (nSPS) is 10.7. The third-order valence-corrected chi connectivity index (χ3v) is 3.10. The number of pyridine rings is 1. The first-order valence-electron chi connectivity index (χ1n) is 3.27. The first kappa shape index (κ1) is 12.1. The van der Waals surface area contributed by atoms with Crippen molar-refractivity contribution in [1.82, 2.24) is 4.98 Å². The van der Waals surface area contributed by atoms with Gasteiger partial charge < -0.3 is 0 Å². The number of halogens is 5. The van der Waals surface area contributed by atoms with Crippen molar-refractivity contribution in [3.05, 3.63) is 26.0 Å². The molecule has 1 rings (SSSR count). The summed E-state index contributed by atoms with van der Waals surface area (Å²) in [4.78, 5) is 14.2. The molecular weight excluding hydrogens is 350 g/mol. The molecule has 0 saturated carbocycles. The standard InChI is InChI=1S/C7H2Cl2F2INO/c8-5-3(7(10)11)4(12)2(1-13-5)6(9)14/h1,7H. The Bertz CT molecular complexity index is 386. The van der Waals surface area contributed by atoms with Crippen molar-refractivity contribution in [2.45, 2.75) is 6.43 Å². The van der Waals surface area contributed by atoms with Gasteiger partial charge in [-0.3, -0.25) is 4.79 Å². The fourth-order valence-corrected chi connectivity index (χ4v) is 2.37. The Morgan fingerprint density at radius 2 is 2.14 bits per heavy atom. The smallest absolute Gasteiger partial charge is 0.267 e. The first-order valence-corrected chi connectivity index (χ1v) is 5.10. The van der Waals surface area contributed by atoms with Crippen LogP contribution in [0.25, 0.3) is 0 Å². The average molecular weight is 352 g/mol.